The highest BCUT2D eigenvalue weighted by Crippen LogP contribution is 2.27. The van der Waals surface area contributed by atoms with Crippen molar-refractivity contribution in [2.24, 2.45) is 0 Å². The average Bonchev–Trinajstić information content (AvgIpc) is 3.28. The zero-order valence-corrected chi connectivity index (χ0v) is 16.5. The van der Waals surface area contributed by atoms with Gasteiger partial charge in [-0.1, -0.05) is 0 Å². The second-order valence-electron chi connectivity index (χ2n) is 7.19. The summed E-state index contributed by atoms with van der Waals surface area (Å²) < 4.78 is 50.6. The molecule has 2 atom stereocenters. The Morgan fingerprint density at radius 1 is 1.38 bits per heavy atom. The van der Waals surface area contributed by atoms with E-state index in [0.717, 1.165) is 10.9 Å². The van der Waals surface area contributed by atoms with Crippen LogP contribution in [0.1, 0.15) is 42.5 Å². The Morgan fingerprint density at radius 3 is 2.79 bits per heavy atom. The van der Waals surface area contributed by atoms with Crippen LogP contribution in [0, 0.1) is 13.8 Å². The summed E-state index contributed by atoms with van der Waals surface area (Å²) in [5, 5.41) is 6.38. The highest BCUT2D eigenvalue weighted by atomic mass is 19.4. The van der Waals surface area contributed by atoms with Gasteiger partial charge < -0.3 is 14.8 Å². The van der Waals surface area contributed by atoms with Gasteiger partial charge in [0, 0.05) is 30.5 Å². The maximum Gasteiger partial charge on any atom is 0.453 e. The van der Waals surface area contributed by atoms with Crippen LogP contribution in [-0.4, -0.2) is 57.5 Å². The fraction of sp³-hybridized carbons (Fsp3) is 0.667. The van der Waals surface area contributed by atoms with Crippen molar-refractivity contribution in [1.82, 2.24) is 24.9 Å². The van der Waals surface area contributed by atoms with E-state index in [1.165, 1.54) is 0 Å². The van der Waals surface area contributed by atoms with Crippen molar-refractivity contribution in [3.05, 3.63) is 22.8 Å². The minimum Gasteiger partial charge on any atom is -0.379 e. The molecule has 1 aliphatic rings. The van der Waals surface area contributed by atoms with Gasteiger partial charge in [0.15, 0.2) is 0 Å². The minimum absolute atomic E-state index is 0.0710. The number of rotatable bonds is 7. The van der Waals surface area contributed by atoms with Gasteiger partial charge in [-0.2, -0.15) is 18.2 Å². The van der Waals surface area contributed by atoms with Crippen LogP contribution in [0.25, 0.3) is 5.78 Å². The molecule has 2 aromatic rings. The largest absolute Gasteiger partial charge is 0.453 e. The first-order valence-electron chi connectivity index (χ1n) is 9.44. The Kier molecular flexibility index (Phi) is 6.37. The van der Waals surface area contributed by atoms with Gasteiger partial charge in [-0.3, -0.25) is 4.79 Å². The summed E-state index contributed by atoms with van der Waals surface area (Å²) in [4.78, 5) is 19.8. The second-order valence-corrected chi connectivity index (χ2v) is 7.19. The first-order chi connectivity index (χ1) is 13.6. The summed E-state index contributed by atoms with van der Waals surface area (Å²) in [5.41, 5.74) is 1.70. The number of nitrogens with zero attached hydrogens (tertiary/aromatic N) is 4. The fourth-order valence-electron chi connectivity index (χ4n) is 3.24. The van der Waals surface area contributed by atoms with Gasteiger partial charge in [0.25, 0.3) is 11.6 Å². The SMILES string of the molecule is Cc1nc2nc(C(F)(F)F)nn2c(C)c1CCC(=O)N[C@H](C)CO[C@@H]1CCOC1. The molecule has 8 nitrogen and oxygen atoms in total. The van der Waals surface area contributed by atoms with Crippen LogP contribution >= 0.6 is 0 Å². The molecule has 11 heteroatoms. The van der Waals surface area contributed by atoms with Gasteiger partial charge in [-0.05, 0) is 39.2 Å². The zero-order valence-electron chi connectivity index (χ0n) is 16.5. The summed E-state index contributed by atoms with van der Waals surface area (Å²) in [6, 6.07) is -0.157. The number of aryl methyl sites for hydroxylation is 2. The molecule has 0 unspecified atom stereocenters. The van der Waals surface area contributed by atoms with Crippen LogP contribution in [0.15, 0.2) is 0 Å². The molecule has 1 fully saturated rings. The van der Waals surface area contributed by atoms with Gasteiger partial charge in [0.05, 0.1) is 19.3 Å². The number of alkyl halides is 3. The highest BCUT2D eigenvalue weighted by Gasteiger charge is 2.37. The molecule has 0 spiro atoms. The Balaban J connectivity index is 1.59. The number of halogens is 3. The van der Waals surface area contributed by atoms with E-state index >= 15 is 0 Å². The fourth-order valence-corrected chi connectivity index (χ4v) is 3.24. The molecule has 1 amide bonds. The lowest BCUT2D eigenvalue weighted by Crippen LogP contribution is -2.37. The normalized spacial score (nSPS) is 18.3. The van der Waals surface area contributed by atoms with E-state index < -0.39 is 12.0 Å². The molecule has 3 rings (SSSR count). The summed E-state index contributed by atoms with van der Waals surface area (Å²) in [5.74, 6) is -1.51. The molecule has 160 valence electrons. The predicted molar refractivity (Wildman–Crippen MR) is 96.4 cm³/mol. The smallest absolute Gasteiger partial charge is 0.379 e. The molecule has 1 aliphatic heterocycles. The molecule has 0 aromatic carbocycles. The third-order valence-electron chi connectivity index (χ3n) is 4.78. The van der Waals surface area contributed by atoms with E-state index in [-0.39, 0.29) is 30.3 Å². The van der Waals surface area contributed by atoms with Crippen molar-refractivity contribution in [2.45, 2.75) is 58.4 Å². The van der Waals surface area contributed by atoms with E-state index in [4.69, 9.17) is 9.47 Å². The topological polar surface area (TPSA) is 90.6 Å². The minimum atomic E-state index is -4.64. The van der Waals surface area contributed by atoms with E-state index in [9.17, 15) is 18.0 Å². The van der Waals surface area contributed by atoms with Crippen molar-refractivity contribution in [2.75, 3.05) is 19.8 Å². The first kappa shape index (κ1) is 21.4. The maximum absolute atomic E-state index is 12.9. The number of ether oxygens (including phenoxy) is 2. The number of carbonyl (C=O) groups excluding carboxylic acids is 1. The quantitative estimate of drug-likeness (QED) is 0.744. The number of fused-ring (bicyclic) bond motifs is 1. The van der Waals surface area contributed by atoms with Gasteiger partial charge >= 0.3 is 6.18 Å². The van der Waals surface area contributed by atoms with Gasteiger partial charge in [-0.25, -0.2) is 9.50 Å². The van der Waals surface area contributed by atoms with Crippen molar-refractivity contribution in [3.8, 4) is 0 Å². The summed E-state index contributed by atoms with van der Waals surface area (Å²) in [6.07, 6.45) is -3.21. The summed E-state index contributed by atoms with van der Waals surface area (Å²) in [7, 11) is 0. The Labute approximate surface area is 165 Å². The van der Waals surface area contributed by atoms with Crippen molar-refractivity contribution in [3.63, 3.8) is 0 Å². The van der Waals surface area contributed by atoms with Gasteiger partial charge in [0.1, 0.15) is 0 Å². The molecular weight excluding hydrogens is 391 g/mol. The van der Waals surface area contributed by atoms with Crippen molar-refractivity contribution < 1.29 is 27.4 Å². The number of hydrogen-bond acceptors (Lipinski definition) is 6. The lowest BCUT2D eigenvalue weighted by atomic mass is 10.1. The average molecular weight is 415 g/mol. The Morgan fingerprint density at radius 2 is 2.14 bits per heavy atom. The van der Waals surface area contributed by atoms with Crippen LogP contribution in [0.4, 0.5) is 13.2 Å². The standard InChI is InChI=1S/C18H24F3N5O3/c1-10(8-29-13-6-7-28-9-13)22-15(27)5-4-14-11(2)23-17-24-16(18(19,20)21)25-26(17)12(14)3/h10,13H,4-9H2,1-3H3,(H,22,27)/t10-,13-/m1/s1. The van der Waals surface area contributed by atoms with E-state index in [1.54, 1.807) is 13.8 Å². The molecular formula is C18H24F3N5O3. The molecule has 29 heavy (non-hydrogen) atoms. The van der Waals surface area contributed by atoms with Crippen LogP contribution in [-0.2, 0) is 26.9 Å². The lowest BCUT2D eigenvalue weighted by molar-refractivity contribution is -0.144. The second kappa shape index (κ2) is 8.62. The number of carbonyl (C=O) groups is 1. The molecule has 0 saturated carbocycles. The zero-order chi connectivity index (χ0) is 21.2. The van der Waals surface area contributed by atoms with Gasteiger partial charge in [0.2, 0.25) is 5.91 Å². The molecule has 0 aliphatic carbocycles. The number of aromatic nitrogens is 4. The van der Waals surface area contributed by atoms with Crippen molar-refractivity contribution in [1.29, 1.82) is 0 Å². The predicted octanol–water partition coefficient (Wildman–Crippen LogP) is 2.00. The molecule has 1 N–H and O–H groups in total. The van der Waals surface area contributed by atoms with Crippen LogP contribution in [0.3, 0.4) is 0 Å². The summed E-state index contributed by atoms with van der Waals surface area (Å²) >= 11 is 0. The number of hydrogen-bond donors (Lipinski definition) is 1. The first-order valence-corrected chi connectivity index (χ1v) is 9.44. The maximum atomic E-state index is 12.9. The molecule has 0 bridgehead atoms. The number of nitrogens with one attached hydrogen (secondary N) is 1. The van der Waals surface area contributed by atoms with E-state index in [0.29, 0.717) is 43.2 Å². The molecule has 0 radical (unpaired) electrons. The van der Waals surface area contributed by atoms with Crippen LogP contribution in [0.5, 0.6) is 0 Å². The molecule has 3 heterocycles. The third-order valence-corrected chi connectivity index (χ3v) is 4.78. The van der Waals surface area contributed by atoms with Gasteiger partial charge in [-0.15, -0.1) is 5.10 Å². The van der Waals surface area contributed by atoms with E-state index in [2.05, 4.69) is 20.4 Å². The van der Waals surface area contributed by atoms with E-state index in [1.807, 2.05) is 6.92 Å². The highest BCUT2D eigenvalue weighted by molar-refractivity contribution is 5.76. The van der Waals surface area contributed by atoms with Crippen LogP contribution < -0.4 is 5.32 Å². The lowest BCUT2D eigenvalue weighted by Gasteiger charge is -2.17. The number of amides is 1. The summed E-state index contributed by atoms with van der Waals surface area (Å²) in [6.45, 7) is 6.84. The van der Waals surface area contributed by atoms with Crippen LogP contribution in [0.2, 0.25) is 0 Å². The third kappa shape index (κ3) is 5.21. The monoisotopic (exact) mass is 415 g/mol. The molecule has 2 aromatic heterocycles. The Hall–Kier alpha value is -2.27. The van der Waals surface area contributed by atoms with Crippen molar-refractivity contribution >= 4 is 11.7 Å². The molecule has 1 saturated heterocycles. The Bertz CT molecular complexity index is 878.